The number of nitrogens with one attached hydrogen (secondary N) is 1. The minimum Gasteiger partial charge on any atom is -0.388 e. The van der Waals surface area contributed by atoms with Crippen molar-refractivity contribution in [1.29, 1.82) is 0 Å². The fourth-order valence-corrected chi connectivity index (χ4v) is 1.25. The summed E-state index contributed by atoms with van der Waals surface area (Å²) in [5, 5.41) is 18.3. The first-order valence-electron chi connectivity index (χ1n) is 4.00. The van der Waals surface area contributed by atoms with Crippen LogP contribution in [0.5, 0.6) is 0 Å². The standard InChI is InChI=1S/C9H10ClNO3/c10-7-3-1-2-6(4-7)8(12)5-9(13)11-14/h1-4,8,12,14H,5H2,(H,11,13)/t8-/m1/s1. The summed E-state index contributed by atoms with van der Waals surface area (Å²) < 4.78 is 0. The van der Waals surface area contributed by atoms with Gasteiger partial charge in [-0.3, -0.25) is 10.0 Å². The van der Waals surface area contributed by atoms with Crippen molar-refractivity contribution in [3.05, 3.63) is 34.9 Å². The molecule has 1 aromatic rings. The number of carbonyl (C=O) groups excluding carboxylic acids is 1. The van der Waals surface area contributed by atoms with Crippen LogP contribution >= 0.6 is 11.6 Å². The van der Waals surface area contributed by atoms with E-state index in [4.69, 9.17) is 16.8 Å². The summed E-state index contributed by atoms with van der Waals surface area (Å²) in [4.78, 5) is 10.7. The fourth-order valence-electron chi connectivity index (χ4n) is 1.05. The zero-order valence-corrected chi connectivity index (χ0v) is 8.03. The minimum atomic E-state index is -0.958. The number of halogens is 1. The first-order chi connectivity index (χ1) is 6.63. The molecule has 0 aliphatic carbocycles. The van der Waals surface area contributed by atoms with Crippen molar-refractivity contribution in [1.82, 2.24) is 5.48 Å². The number of benzene rings is 1. The number of hydrogen-bond acceptors (Lipinski definition) is 3. The minimum absolute atomic E-state index is 0.198. The number of aliphatic hydroxyl groups is 1. The highest BCUT2D eigenvalue weighted by Gasteiger charge is 2.12. The quantitative estimate of drug-likeness (QED) is 0.525. The second kappa shape index (κ2) is 4.95. The topological polar surface area (TPSA) is 69.6 Å². The molecule has 0 aliphatic rings. The molecule has 0 bridgehead atoms. The molecular formula is C9H10ClNO3. The van der Waals surface area contributed by atoms with Gasteiger partial charge < -0.3 is 5.11 Å². The summed E-state index contributed by atoms with van der Waals surface area (Å²) in [6.45, 7) is 0. The lowest BCUT2D eigenvalue weighted by atomic mass is 10.1. The van der Waals surface area contributed by atoms with Gasteiger partial charge >= 0.3 is 0 Å². The number of carbonyl (C=O) groups is 1. The van der Waals surface area contributed by atoms with Crippen LogP contribution in [0.15, 0.2) is 24.3 Å². The van der Waals surface area contributed by atoms with Crippen LogP contribution in [0.25, 0.3) is 0 Å². The summed E-state index contributed by atoms with van der Waals surface area (Å²) in [6.07, 6.45) is -1.16. The SMILES string of the molecule is O=C(C[C@@H](O)c1cccc(Cl)c1)NO. The molecule has 14 heavy (non-hydrogen) atoms. The Hall–Kier alpha value is -1.10. The van der Waals surface area contributed by atoms with Gasteiger partial charge in [-0.05, 0) is 17.7 Å². The summed E-state index contributed by atoms with van der Waals surface area (Å²) in [5.74, 6) is -0.641. The molecule has 76 valence electrons. The summed E-state index contributed by atoms with van der Waals surface area (Å²) in [7, 11) is 0. The average molecular weight is 216 g/mol. The van der Waals surface area contributed by atoms with Crippen molar-refractivity contribution in [2.75, 3.05) is 0 Å². The lowest BCUT2D eigenvalue weighted by Crippen LogP contribution is -2.21. The Kier molecular flexibility index (Phi) is 3.88. The zero-order chi connectivity index (χ0) is 10.6. The van der Waals surface area contributed by atoms with Crippen LogP contribution in [-0.2, 0) is 4.79 Å². The van der Waals surface area contributed by atoms with E-state index in [1.54, 1.807) is 24.3 Å². The monoisotopic (exact) mass is 215 g/mol. The Balaban J connectivity index is 2.69. The van der Waals surface area contributed by atoms with Gasteiger partial charge in [-0.15, -0.1) is 0 Å². The van der Waals surface area contributed by atoms with E-state index in [1.807, 2.05) is 0 Å². The smallest absolute Gasteiger partial charge is 0.246 e. The van der Waals surface area contributed by atoms with Crippen molar-refractivity contribution >= 4 is 17.5 Å². The van der Waals surface area contributed by atoms with Crippen LogP contribution in [0.2, 0.25) is 5.02 Å². The number of amides is 1. The van der Waals surface area contributed by atoms with Crippen LogP contribution in [0, 0.1) is 0 Å². The molecule has 1 atom stereocenters. The third kappa shape index (κ3) is 2.99. The second-order valence-electron chi connectivity index (χ2n) is 2.81. The van der Waals surface area contributed by atoms with Crippen molar-refractivity contribution < 1.29 is 15.1 Å². The second-order valence-corrected chi connectivity index (χ2v) is 3.25. The molecule has 0 spiro atoms. The largest absolute Gasteiger partial charge is 0.388 e. The predicted octanol–water partition coefficient (Wildman–Crippen LogP) is 1.27. The molecule has 0 aliphatic heterocycles. The van der Waals surface area contributed by atoms with Crippen LogP contribution in [0.1, 0.15) is 18.1 Å². The molecule has 0 saturated heterocycles. The molecule has 1 aromatic carbocycles. The fraction of sp³-hybridized carbons (Fsp3) is 0.222. The van der Waals surface area contributed by atoms with Gasteiger partial charge in [0.1, 0.15) is 0 Å². The highest BCUT2D eigenvalue weighted by atomic mass is 35.5. The Morgan fingerprint density at radius 2 is 2.29 bits per heavy atom. The molecule has 0 aromatic heterocycles. The molecular weight excluding hydrogens is 206 g/mol. The van der Waals surface area contributed by atoms with Gasteiger partial charge in [0.2, 0.25) is 5.91 Å². The van der Waals surface area contributed by atoms with Gasteiger partial charge in [0, 0.05) is 5.02 Å². The van der Waals surface area contributed by atoms with Crippen molar-refractivity contribution in [3.63, 3.8) is 0 Å². The van der Waals surface area contributed by atoms with E-state index in [2.05, 4.69) is 0 Å². The molecule has 3 N–H and O–H groups in total. The van der Waals surface area contributed by atoms with Crippen LogP contribution in [0.3, 0.4) is 0 Å². The normalized spacial score (nSPS) is 12.2. The molecule has 1 amide bonds. The van der Waals surface area contributed by atoms with E-state index < -0.39 is 12.0 Å². The lowest BCUT2D eigenvalue weighted by Gasteiger charge is -2.09. The summed E-state index contributed by atoms with van der Waals surface area (Å²) in [5.41, 5.74) is 1.99. The van der Waals surface area contributed by atoms with Gasteiger partial charge in [-0.2, -0.15) is 0 Å². The number of rotatable bonds is 3. The maximum atomic E-state index is 10.7. The van der Waals surface area contributed by atoms with E-state index in [1.165, 1.54) is 5.48 Å². The Labute approximate surface area is 86.1 Å². The maximum Gasteiger partial charge on any atom is 0.246 e. The Morgan fingerprint density at radius 3 is 2.86 bits per heavy atom. The summed E-state index contributed by atoms with van der Waals surface area (Å²) in [6, 6.07) is 6.57. The number of hydrogen-bond donors (Lipinski definition) is 3. The van der Waals surface area contributed by atoms with E-state index in [9.17, 15) is 9.90 Å². The molecule has 0 radical (unpaired) electrons. The van der Waals surface area contributed by atoms with Crippen LogP contribution < -0.4 is 5.48 Å². The van der Waals surface area contributed by atoms with Gasteiger partial charge in [0.05, 0.1) is 12.5 Å². The first-order valence-corrected chi connectivity index (χ1v) is 4.37. The highest BCUT2D eigenvalue weighted by molar-refractivity contribution is 6.30. The van der Waals surface area contributed by atoms with Crippen LogP contribution in [0.4, 0.5) is 0 Å². The maximum absolute atomic E-state index is 10.7. The Bertz CT molecular complexity index is 330. The van der Waals surface area contributed by atoms with E-state index in [0.717, 1.165) is 0 Å². The predicted molar refractivity (Wildman–Crippen MR) is 51.0 cm³/mol. The van der Waals surface area contributed by atoms with Gasteiger partial charge in [0.25, 0.3) is 0 Å². The molecule has 0 fully saturated rings. The van der Waals surface area contributed by atoms with E-state index in [-0.39, 0.29) is 6.42 Å². The van der Waals surface area contributed by atoms with Crippen molar-refractivity contribution in [3.8, 4) is 0 Å². The van der Waals surface area contributed by atoms with E-state index in [0.29, 0.717) is 10.6 Å². The molecule has 5 heteroatoms. The number of hydroxylamine groups is 1. The molecule has 0 saturated carbocycles. The highest BCUT2D eigenvalue weighted by Crippen LogP contribution is 2.19. The van der Waals surface area contributed by atoms with Crippen LogP contribution in [-0.4, -0.2) is 16.2 Å². The Morgan fingerprint density at radius 1 is 1.57 bits per heavy atom. The van der Waals surface area contributed by atoms with E-state index >= 15 is 0 Å². The van der Waals surface area contributed by atoms with Gasteiger partial charge in [-0.25, -0.2) is 5.48 Å². The molecule has 0 unspecified atom stereocenters. The molecule has 0 heterocycles. The van der Waals surface area contributed by atoms with Gasteiger partial charge in [0.15, 0.2) is 0 Å². The van der Waals surface area contributed by atoms with Crippen molar-refractivity contribution in [2.24, 2.45) is 0 Å². The third-order valence-electron chi connectivity index (χ3n) is 1.74. The molecule has 1 rings (SSSR count). The summed E-state index contributed by atoms with van der Waals surface area (Å²) >= 11 is 5.70. The average Bonchev–Trinajstić information content (AvgIpc) is 2.17. The van der Waals surface area contributed by atoms with Crippen molar-refractivity contribution in [2.45, 2.75) is 12.5 Å². The molecule has 4 nitrogen and oxygen atoms in total. The van der Waals surface area contributed by atoms with Gasteiger partial charge in [-0.1, -0.05) is 23.7 Å². The third-order valence-corrected chi connectivity index (χ3v) is 1.97. The zero-order valence-electron chi connectivity index (χ0n) is 7.27. The number of aliphatic hydroxyl groups excluding tert-OH is 1. The first kappa shape index (κ1) is 11.0. The lowest BCUT2D eigenvalue weighted by molar-refractivity contribution is -0.131.